The average Bonchev–Trinajstić information content (AvgIpc) is 2.68. The van der Waals surface area contributed by atoms with Crippen LogP contribution in [0.5, 0.6) is 11.5 Å². The Morgan fingerprint density at radius 1 is 0.423 bits per heavy atom. The molecule has 0 spiro atoms. The highest BCUT2D eigenvalue weighted by atomic mass is 16.5. The second-order valence-corrected chi connectivity index (χ2v) is 6.65. The van der Waals surface area contributed by atoms with Crippen LogP contribution >= 0.6 is 0 Å². The zero-order valence-corrected chi connectivity index (χ0v) is 14.7. The summed E-state index contributed by atoms with van der Waals surface area (Å²) in [6.45, 7) is 0. The van der Waals surface area contributed by atoms with Crippen molar-refractivity contribution in [3.05, 3.63) is 72.8 Å². The Morgan fingerprint density at radius 2 is 0.731 bits per heavy atom. The minimum absolute atomic E-state index is 0.756. The molecule has 2 heteroatoms. The molecule has 2 nitrogen and oxygen atoms in total. The summed E-state index contributed by atoms with van der Waals surface area (Å²) in [5.41, 5.74) is 0. The van der Waals surface area contributed by atoms with Crippen molar-refractivity contribution in [2.24, 2.45) is 0 Å². The fourth-order valence-corrected chi connectivity index (χ4v) is 3.77. The van der Waals surface area contributed by atoms with Crippen LogP contribution in [0, 0.1) is 0 Å². The summed E-state index contributed by atoms with van der Waals surface area (Å²) in [4.78, 5) is 0. The molecule has 26 heavy (non-hydrogen) atoms. The highest BCUT2D eigenvalue weighted by molar-refractivity contribution is 6.08. The predicted molar refractivity (Wildman–Crippen MR) is 110 cm³/mol. The molecule has 5 aromatic rings. The zero-order chi connectivity index (χ0) is 17.7. The van der Waals surface area contributed by atoms with Gasteiger partial charge in [-0.3, -0.25) is 0 Å². The topological polar surface area (TPSA) is 18.5 Å². The standard InChI is InChI=1S/C24H18O2/c1-25-23-13-21-11-19-9-17-7-15-5-3-4-6-16(15)8-18(17)10-20(19)12-22(21)14-24(23)26-2/h3-14H,1-2H3. The number of rotatable bonds is 2. The molecule has 0 aromatic heterocycles. The van der Waals surface area contributed by atoms with Gasteiger partial charge < -0.3 is 9.47 Å². The van der Waals surface area contributed by atoms with E-state index in [9.17, 15) is 0 Å². The van der Waals surface area contributed by atoms with Crippen molar-refractivity contribution >= 4 is 43.1 Å². The van der Waals surface area contributed by atoms with Crippen LogP contribution in [0.3, 0.4) is 0 Å². The second kappa shape index (κ2) is 5.63. The van der Waals surface area contributed by atoms with E-state index in [4.69, 9.17) is 9.47 Å². The van der Waals surface area contributed by atoms with Gasteiger partial charge in [-0.25, -0.2) is 0 Å². The van der Waals surface area contributed by atoms with Crippen LogP contribution in [-0.4, -0.2) is 14.2 Å². The van der Waals surface area contributed by atoms with Gasteiger partial charge in [-0.05, 0) is 91.6 Å². The molecule has 0 saturated heterocycles. The molecule has 0 bridgehead atoms. The van der Waals surface area contributed by atoms with E-state index in [1.165, 1.54) is 32.3 Å². The minimum Gasteiger partial charge on any atom is -0.493 e. The number of benzene rings is 5. The third-order valence-corrected chi connectivity index (χ3v) is 5.12. The Bertz CT molecular complexity index is 1200. The third-order valence-electron chi connectivity index (χ3n) is 5.12. The monoisotopic (exact) mass is 338 g/mol. The third kappa shape index (κ3) is 2.26. The molecule has 0 unspecified atom stereocenters. The Morgan fingerprint density at radius 3 is 1.08 bits per heavy atom. The van der Waals surface area contributed by atoms with Crippen molar-refractivity contribution in [3.63, 3.8) is 0 Å². The largest absolute Gasteiger partial charge is 0.493 e. The molecule has 0 aliphatic rings. The molecule has 0 saturated carbocycles. The Labute approximate surface area is 151 Å². The smallest absolute Gasteiger partial charge is 0.161 e. The van der Waals surface area contributed by atoms with Gasteiger partial charge in [-0.15, -0.1) is 0 Å². The van der Waals surface area contributed by atoms with Gasteiger partial charge >= 0.3 is 0 Å². The first-order valence-corrected chi connectivity index (χ1v) is 8.67. The zero-order valence-electron chi connectivity index (χ0n) is 14.7. The lowest BCUT2D eigenvalue weighted by Gasteiger charge is -2.11. The molecule has 5 aromatic carbocycles. The average molecular weight is 338 g/mol. The Kier molecular flexibility index (Phi) is 3.26. The fraction of sp³-hybridized carbons (Fsp3) is 0.0833. The lowest BCUT2D eigenvalue weighted by atomic mass is 9.97. The summed E-state index contributed by atoms with van der Waals surface area (Å²) in [5, 5.41) is 9.82. The maximum absolute atomic E-state index is 5.45. The molecule has 0 aliphatic carbocycles. The minimum atomic E-state index is 0.756. The Hall–Kier alpha value is -3.26. The molecule has 0 atom stereocenters. The maximum atomic E-state index is 5.45. The fourth-order valence-electron chi connectivity index (χ4n) is 3.77. The first kappa shape index (κ1) is 15.0. The van der Waals surface area contributed by atoms with Gasteiger partial charge in [0.1, 0.15) is 0 Å². The van der Waals surface area contributed by atoms with Crippen molar-refractivity contribution in [3.8, 4) is 11.5 Å². The van der Waals surface area contributed by atoms with E-state index in [0.717, 1.165) is 22.3 Å². The number of ether oxygens (including phenoxy) is 2. The predicted octanol–water partition coefficient (Wildman–Crippen LogP) is 6.32. The summed E-state index contributed by atoms with van der Waals surface area (Å²) >= 11 is 0. The molecule has 0 radical (unpaired) electrons. The molecule has 0 heterocycles. The van der Waals surface area contributed by atoms with E-state index in [2.05, 4.69) is 60.7 Å². The molecule has 5 rings (SSSR count). The SMILES string of the molecule is COc1cc2cc3cc4cc5ccccc5cc4cc3cc2cc1OC. The van der Waals surface area contributed by atoms with Gasteiger partial charge in [0, 0.05) is 0 Å². The van der Waals surface area contributed by atoms with Gasteiger partial charge in [0.2, 0.25) is 0 Å². The lowest BCUT2D eigenvalue weighted by molar-refractivity contribution is 0.356. The molecule has 0 N–H and O–H groups in total. The van der Waals surface area contributed by atoms with E-state index < -0.39 is 0 Å². The maximum Gasteiger partial charge on any atom is 0.161 e. The first-order valence-electron chi connectivity index (χ1n) is 8.67. The molecular formula is C24H18O2. The van der Waals surface area contributed by atoms with Gasteiger partial charge in [0.25, 0.3) is 0 Å². The normalized spacial score (nSPS) is 11.5. The van der Waals surface area contributed by atoms with Crippen LogP contribution in [-0.2, 0) is 0 Å². The van der Waals surface area contributed by atoms with E-state index >= 15 is 0 Å². The number of methoxy groups -OCH3 is 2. The number of hydrogen-bond acceptors (Lipinski definition) is 2. The van der Waals surface area contributed by atoms with Crippen LogP contribution < -0.4 is 9.47 Å². The van der Waals surface area contributed by atoms with Crippen LogP contribution in [0.2, 0.25) is 0 Å². The lowest BCUT2D eigenvalue weighted by Crippen LogP contribution is -1.90. The number of hydrogen-bond donors (Lipinski definition) is 0. The van der Waals surface area contributed by atoms with Crippen LogP contribution in [0.25, 0.3) is 43.1 Å². The van der Waals surface area contributed by atoms with Crippen molar-refractivity contribution < 1.29 is 9.47 Å². The molecular weight excluding hydrogens is 320 g/mol. The van der Waals surface area contributed by atoms with Crippen molar-refractivity contribution in [1.29, 1.82) is 0 Å². The molecule has 126 valence electrons. The molecule has 0 fully saturated rings. The summed E-state index contributed by atoms with van der Waals surface area (Å²) in [6, 6.07) is 26.1. The van der Waals surface area contributed by atoms with Crippen LogP contribution in [0.4, 0.5) is 0 Å². The van der Waals surface area contributed by atoms with E-state index in [0.29, 0.717) is 0 Å². The quantitative estimate of drug-likeness (QED) is 0.351. The van der Waals surface area contributed by atoms with Gasteiger partial charge in [-0.1, -0.05) is 24.3 Å². The molecule has 0 aliphatic heterocycles. The summed E-state index contributed by atoms with van der Waals surface area (Å²) in [6.07, 6.45) is 0. The first-order chi connectivity index (χ1) is 12.7. The van der Waals surface area contributed by atoms with Crippen molar-refractivity contribution in [2.45, 2.75) is 0 Å². The van der Waals surface area contributed by atoms with Gasteiger partial charge in [0.05, 0.1) is 14.2 Å². The Balaban J connectivity index is 1.83. The second-order valence-electron chi connectivity index (χ2n) is 6.65. The molecule has 0 amide bonds. The van der Waals surface area contributed by atoms with Gasteiger partial charge in [-0.2, -0.15) is 0 Å². The van der Waals surface area contributed by atoms with Gasteiger partial charge in [0.15, 0.2) is 11.5 Å². The van der Waals surface area contributed by atoms with Crippen molar-refractivity contribution in [1.82, 2.24) is 0 Å². The van der Waals surface area contributed by atoms with E-state index in [1.54, 1.807) is 14.2 Å². The van der Waals surface area contributed by atoms with Crippen LogP contribution in [0.1, 0.15) is 0 Å². The van der Waals surface area contributed by atoms with Crippen LogP contribution in [0.15, 0.2) is 72.8 Å². The summed E-state index contributed by atoms with van der Waals surface area (Å²) in [7, 11) is 3.34. The summed E-state index contributed by atoms with van der Waals surface area (Å²) in [5.74, 6) is 1.51. The van der Waals surface area contributed by atoms with E-state index in [-0.39, 0.29) is 0 Å². The highest BCUT2D eigenvalue weighted by Gasteiger charge is 2.08. The number of fused-ring (bicyclic) bond motifs is 4. The van der Waals surface area contributed by atoms with Crippen molar-refractivity contribution in [2.75, 3.05) is 14.2 Å². The highest BCUT2D eigenvalue weighted by Crippen LogP contribution is 2.35. The summed E-state index contributed by atoms with van der Waals surface area (Å²) < 4.78 is 10.9. The van der Waals surface area contributed by atoms with E-state index in [1.807, 2.05) is 12.1 Å².